The van der Waals surface area contributed by atoms with Gasteiger partial charge in [0.25, 0.3) is 5.89 Å². The lowest BCUT2D eigenvalue weighted by molar-refractivity contribution is 0.00755. The van der Waals surface area contributed by atoms with Crippen molar-refractivity contribution >= 4 is 0 Å². The minimum atomic E-state index is -0.173. The molecule has 0 unspecified atom stereocenters. The number of methoxy groups -OCH3 is 1. The molecule has 1 aliphatic heterocycles. The summed E-state index contributed by atoms with van der Waals surface area (Å²) in [4.78, 5) is 4.31. The molecule has 1 aliphatic rings. The van der Waals surface area contributed by atoms with E-state index < -0.39 is 0 Å². The van der Waals surface area contributed by atoms with Crippen molar-refractivity contribution in [3.8, 4) is 5.75 Å². The third-order valence-corrected chi connectivity index (χ3v) is 3.32. The second-order valence-corrected chi connectivity index (χ2v) is 4.96. The summed E-state index contributed by atoms with van der Waals surface area (Å²) in [5.41, 5.74) is 1.03. The number of hydrogen-bond donors (Lipinski definition) is 1. The van der Waals surface area contributed by atoms with Gasteiger partial charge < -0.3 is 24.1 Å². The number of rotatable bonds is 6. The van der Waals surface area contributed by atoms with Gasteiger partial charge in [0.1, 0.15) is 18.5 Å². The second-order valence-electron chi connectivity index (χ2n) is 4.96. The number of nitrogens with zero attached hydrogens (tertiary/aromatic N) is 2. The molecule has 1 fully saturated rings. The zero-order valence-electron chi connectivity index (χ0n) is 12.4. The van der Waals surface area contributed by atoms with Gasteiger partial charge in [-0.25, -0.2) is 0 Å². The molecule has 1 aromatic heterocycles. The lowest BCUT2D eigenvalue weighted by atomic mass is 10.2. The normalized spacial score (nSPS) is 18.3. The molecule has 7 nitrogen and oxygen atoms in total. The van der Waals surface area contributed by atoms with Crippen molar-refractivity contribution in [3.63, 3.8) is 0 Å². The zero-order chi connectivity index (χ0) is 15.2. The van der Waals surface area contributed by atoms with Gasteiger partial charge in [-0.1, -0.05) is 17.3 Å². The largest absolute Gasteiger partial charge is 0.497 e. The van der Waals surface area contributed by atoms with E-state index in [0.29, 0.717) is 38.1 Å². The van der Waals surface area contributed by atoms with Crippen molar-refractivity contribution in [2.45, 2.75) is 19.3 Å². The maximum Gasteiger partial charge on any atom is 0.257 e. The number of ether oxygens (including phenoxy) is 3. The van der Waals surface area contributed by atoms with E-state index in [9.17, 15) is 0 Å². The standard InChI is InChI=1S/C15H19N3O4/c1-19-12-4-2-3-11(7-12)9-20-10-14-17-15(22-18-14)13-8-16-5-6-21-13/h2-4,7,13,16H,5-6,8-10H2,1H3/t13-/m1/s1. The highest BCUT2D eigenvalue weighted by Crippen LogP contribution is 2.17. The third kappa shape index (κ3) is 3.82. The second kappa shape index (κ2) is 7.35. The zero-order valence-corrected chi connectivity index (χ0v) is 12.4. The summed E-state index contributed by atoms with van der Waals surface area (Å²) < 4.78 is 21.6. The van der Waals surface area contributed by atoms with E-state index in [-0.39, 0.29) is 6.10 Å². The Bertz CT molecular complexity index is 596. The molecule has 22 heavy (non-hydrogen) atoms. The smallest absolute Gasteiger partial charge is 0.257 e. The summed E-state index contributed by atoms with van der Waals surface area (Å²) >= 11 is 0. The van der Waals surface area contributed by atoms with Crippen LogP contribution in [-0.4, -0.2) is 36.9 Å². The molecule has 0 bridgehead atoms. The number of nitrogens with one attached hydrogen (secondary N) is 1. The molecule has 0 radical (unpaired) electrons. The maximum atomic E-state index is 5.61. The Kier molecular flexibility index (Phi) is 4.99. The van der Waals surface area contributed by atoms with Crippen LogP contribution in [0.1, 0.15) is 23.4 Å². The van der Waals surface area contributed by atoms with Crippen LogP contribution in [0, 0.1) is 0 Å². The summed E-state index contributed by atoms with van der Waals surface area (Å²) in [6.07, 6.45) is -0.173. The SMILES string of the molecule is COc1cccc(COCc2noc([C@H]3CNCCO3)n2)c1. The molecule has 2 aromatic rings. The molecule has 0 spiro atoms. The van der Waals surface area contributed by atoms with E-state index in [1.165, 1.54) is 0 Å². The molecule has 0 saturated carbocycles. The van der Waals surface area contributed by atoms with Gasteiger partial charge in [0.05, 0.1) is 20.3 Å². The van der Waals surface area contributed by atoms with E-state index in [1.54, 1.807) is 7.11 Å². The van der Waals surface area contributed by atoms with Crippen molar-refractivity contribution < 1.29 is 18.7 Å². The maximum absolute atomic E-state index is 5.61. The molecule has 118 valence electrons. The number of hydrogen-bond acceptors (Lipinski definition) is 7. The molecular formula is C15H19N3O4. The minimum absolute atomic E-state index is 0.173. The molecule has 3 rings (SSSR count). The monoisotopic (exact) mass is 305 g/mol. The highest BCUT2D eigenvalue weighted by molar-refractivity contribution is 5.27. The fraction of sp³-hybridized carbons (Fsp3) is 0.467. The van der Waals surface area contributed by atoms with Crippen molar-refractivity contribution in [3.05, 3.63) is 41.5 Å². The predicted octanol–water partition coefficient (Wildman–Crippen LogP) is 1.46. The van der Waals surface area contributed by atoms with E-state index in [1.807, 2.05) is 24.3 Å². The van der Waals surface area contributed by atoms with E-state index >= 15 is 0 Å². The summed E-state index contributed by atoms with van der Waals surface area (Å²) in [7, 11) is 1.64. The Balaban J connectivity index is 1.50. The predicted molar refractivity (Wildman–Crippen MR) is 77.3 cm³/mol. The highest BCUT2D eigenvalue weighted by atomic mass is 16.5. The van der Waals surface area contributed by atoms with Crippen LogP contribution in [0.3, 0.4) is 0 Å². The number of benzene rings is 1. The Morgan fingerprint density at radius 3 is 3.14 bits per heavy atom. The van der Waals surface area contributed by atoms with Gasteiger partial charge in [-0.05, 0) is 17.7 Å². The van der Waals surface area contributed by atoms with Crippen LogP contribution < -0.4 is 10.1 Å². The van der Waals surface area contributed by atoms with Crippen molar-refractivity contribution in [2.24, 2.45) is 0 Å². The average molecular weight is 305 g/mol. The highest BCUT2D eigenvalue weighted by Gasteiger charge is 2.22. The van der Waals surface area contributed by atoms with Crippen LogP contribution in [0.25, 0.3) is 0 Å². The average Bonchev–Trinajstić information content (AvgIpc) is 3.05. The van der Waals surface area contributed by atoms with Gasteiger partial charge in [0, 0.05) is 13.1 Å². The molecular weight excluding hydrogens is 286 g/mol. The van der Waals surface area contributed by atoms with Crippen molar-refractivity contribution in [1.29, 1.82) is 0 Å². The van der Waals surface area contributed by atoms with Gasteiger partial charge in [-0.2, -0.15) is 4.98 Å². The first-order chi connectivity index (χ1) is 10.8. The fourth-order valence-electron chi connectivity index (χ4n) is 2.20. The van der Waals surface area contributed by atoms with Crippen molar-refractivity contribution in [1.82, 2.24) is 15.5 Å². The molecule has 2 heterocycles. The van der Waals surface area contributed by atoms with Gasteiger partial charge in [0.2, 0.25) is 0 Å². The molecule has 1 saturated heterocycles. The first-order valence-electron chi connectivity index (χ1n) is 7.20. The topological polar surface area (TPSA) is 78.6 Å². The molecule has 0 amide bonds. The van der Waals surface area contributed by atoms with Crippen molar-refractivity contribution in [2.75, 3.05) is 26.8 Å². The Morgan fingerprint density at radius 1 is 1.36 bits per heavy atom. The van der Waals surface area contributed by atoms with Gasteiger partial charge >= 0.3 is 0 Å². The molecule has 0 aliphatic carbocycles. The van der Waals surface area contributed by atoms with Crippen LogP contribution in [0.2, 0.25) is 0 Å². The van der Waals surface area contributed by atoms with E-state index in [4.69, 9.17) is 18.7 Å². The van der Waals surface area contributed by atoms with E-state index in [2.05, 4.69) is 15.5 Å². The summed E-state index contributed by atoms with van der Waals surface area (Å²) in [6, 6.07) is 7.74. The van der Waals surface area contributed by atoms with Gasteiger partial charge in [-0.3, -0.25) is 0 Å². The van der Waals surface area contributed by atoms with Crippen LogP contribution >= 0.6 is 0 Å². The van der Waals surface area contributed by atoms with Gasteiger partial charge in [-0.15, -0.1) is 0 Å². The first kappa shape index (κ1) is 15.0. The summed E-state index contributed by atoms with van der Waals surface area (Å²) in [5, 5.41) is 7.13. The quantitative estimate of drug-likeness (QED) is 0.865. The lowest BCUT2D eigenvalue weighted by Crippen LogP contribution is -2.33. The van der Waals surface area contributed by atoms with Crippen LogP contribution in [0.5, 0.6) is 5.75 Å². The molecule has 1 aromatic carbocycles. The molecule has 7 heteroatoms. The van der Waals surface area contributed by atoms with E-state index in [0.717, 1.165) is 17.9 Å². The Labute approximate surface area is 128 Å². The van der Waals surface area contributed by atoms with Gasteiger partial charge in [0.15, 0.2) is 5.82 Å². The first-order valence-corrected chi connectivity index (χ1v) is 7.20. The fourth-order valence-corrected chi connectivity index (χ4v) is 2.20. The summed E-state index contributed by atoms with van der Waals surface area (Å²) in [6.45, 7) is 2.94. The lowest BCUT2D eigenvalue weighted by Gasteiger charge is -2.19. The minimum Gasteiger partial charge on any atom is -0.497 e. The van der Waals surface area contributed by atoms with Crippen LogP contribution in [0.4, 0.5) is 0 Å². The Morgan fingerprint density at radius 2 is 2.32 bits per heavy atom. The Hall–Kier alpha value is -1.96. The molecule has 1 N–H and O–H groups in total. The summed E-state index contributed by atoms with van der Waals surface area (Å²) in [5.74, 6) is 1.82. The number of aromatic nitrogens is 2. The van der Waals surface area contributed by atoms with Crippen LogP contribution in [0.15, 0.2) is 28.8 Å². The van der Waals surface area contributed by atoms with Crippen LogP contribution in [-0.2, 0) is 22.7 Å². The molecule has 1 atom stereocenters. The number of morpholine rings is 1. The third-order valence-electron chi connectivity index (χ3n) is 3.32.